The summed E-state index contributed by atoms with van der Waals surface area (Å²) < 4.78 is 0. The van der Waals surface area contributed by atoms with Gasteiger partial charge in [0.05, 0.1) is 0 Å². The molecule has 0 amide bonds. The first-order valence-corrected chi connectivity index (χ1v) is 7.35. The summed E-state index contributed by atoms with van der Waals surface area (Å²) in [6.45, 7) is 7.05. The van der Waals surface area contributed by atoms with Gasteiger partial charge >= 0.3 is 0 Å². The lowest BCUT2D eigenvalue weighted by Gasteiger charge is -2.56. The molecule has 1 nitrogen and oxygen atoms in total. The van der Waals surface area contributed by atoms with Gasteiger partial charge in [-0.1, -0.05) is 6.92 Å². The minimum Gasteiger partial charge on any atom is -0.309 e. The first-order valence-electron chi connectivity index (χ1n) is 7.35. The summed E-state index contributed by atoms with van der Waals surface area (Å²) in [7, 11) is 0. The van der Waals surface area contributed by atoms with E-state index in [-0.39, 0.29) is 0 Å². The fourth-order valence-corrected chi connectivity index (χ4v) is 4.71. The van der Waals surface area contributed by atoms with Crippen molar-refractivity contribution in [2.24, 2.45) is 23.7 Å². The predicted molar refractivity (Wildman–Crippen MR) is 68.3 cm³/mol. The van der Waals surface area contributed by atoms with Crippen LogP contribution in [0.3, 0.4) is 0 Å². The van der Waals surface area contributed by atoms with Crippen LogP contribution in [0, 0.1) is 23.7 Å². The summed E-state index contributed by atoms with van der Waals surface area (Å²) in [5.74, 6) is 4.24. The van der Waals surface area contributed by atoms with Crippen LogP contribution in [0.15, 0.2) is 0 Å². The second kappa shape index (κ2) is 3.73. The number of hydrogen-bond acceptors (Lipinski definition) is 1. The van der Waals surface area contributed by atoms with E-state index in [2.05, 4.69) is 26.1 Å². The van der Waals surface area contributed by atoms with Gasteiger partial charge in [0.1, 0.15) is 0 Å². The molecule has 4 rings (SSSR count). The molecule has 0 spiro atoms. The summed E-state index contributed by atoms with van der Waals surface area (Å²) in [5, 5.41) is 3.99. The maximum atomic E-state index is 3.99. The van der Waals surface area contributed by atoms with Gasteiger partial charge in [0, 0.05) is 11.6 Å². The molecule has 0 aromatic rings. The van der Waals surface area contributed by atoms with Gasteiger partial charge in [0.2, 0.25) is 0 Å². The van der Waals surface area contributed by atoms with Crippen molar-refractivity contribution in [3.8, 4) is 0 Å². The van der Waals surface area contributed by atoms with E-state index in [0.717, 1.165) is 29.7 Å². The summed E-state index contributed by atoms with van der Waals surface area (Å²) >= 11 is 0. The van der Waals surface area contributed by atoms with Gasteiger partial charge < -0.3 is 5.32 Å². The smallest absolute Gasteiger partial charge is 0.0129 e. The maximum absolute atomic E-state index is 3.99. The third-order valence-corrected chi connectivity index (χ3v) is 5.67. The minimum absolute atomic E-state index is 0.347. The van der Waals surface area contributed by atoms with Crippen molar-refractivity contribution in [1.82, 2.24) is 5.32 Å². The SMILES string of the molecule is CCC(C)(C)NC1C2CC3CC(C2)CC1C3. The van der Waals surface area contributed by atoms with Crippen LogP contribution in [0.1, 0.15) is 59.3 Å². The van der Waals surface area contributed by atoms with E-state index in [1.54, 1.807) is 6.42 Å². The molecule has 1 N–H and O–H groups in total. The van der Waals surface area contributed by atoms with E-state index >= 15 is 0 Å². The molecular weight excluding hydrogens is 194 g/mol. The molecule has 4 fully saturated rings. The molecule has 0 saturated heterocycles. The van der Waals surface area contributed by atoms with Gasteiger partial charge in [-0.2, -0.15) is 0 Å². The Bertz CT molecular complexity index is 241. The highest BCUT2D eigenvalue weighted by Crippen LogP contribution is 2.54. The second-order valence-corrected chi connectivity index (χ2v) is 7.34. The molecule has 16 heavy (non-hydrogen) atoms. The molecule has 4 saturated carbocycles. The highest BCUT2D eigenvalue weighted by molar-refractivity contribution is 5.03. The van der Waals surface area contributed by atoms with E-state index < -0.39 is 0 Å². The van der Waals surface area contributed by atoms with Crippen LogP contribution in [0.5, 0.6) is 0 Å². The van der Waals surface area contributed by atoms with Crippen LogP contribution in [0.25, 0.3) is 0 Å². The molecule has 0 atom stereocenters. The highest BCUT2D eigenvalue weighted by Gasteiger charge is 2.48. The third kappa shape index (κ3) is 1.81. The maximum Gasteiger partial charge on any atom is 0.0129 e. The summed E-state index contributed by atoms with van der Waals surface area (Å²) in [5.41, 5.74) is 0.347. The monoisotopic (exact) mass is 221 g/mol. The fourth-order valence-electron chi connectivity index (χ4n) is 4.71. The largest absolute Gasteiger partial charge is 0.309 e. The molecular formula is C15H27N. The number of nitrogens with one attached hydrogen (secondary N) is 1. The molecule has 92 valence electrons. The normalized spacial score (nSPS) is 46.3. The van der Waals surface area contributed by atoms with Crippen LogP contribution in [0.4, 0.5) is 0 Å². The average molecular weight is 221 g/mol. The van der Waals surface area contributed by atoms with E-state index in [1.807, 2.05) is 0 Å². The number of rotatable bonds is 3. The zero-order valence-electron chi connectivity index (χ0n) is 11.1. The van der Waals surface area contributed by atoms with Crippen molar-refractivity contribution < 1.29 is 0 Å². The molecule has 1 heteroatoms. The standard InChI is InChI=1S/C15H27N/c1-4-15(2,3)16-14-12-6-10-5-11(8-12)9-13(14)7-10/h10-14,16H,4-9H2,1-3H3. The van der Waals surface area contributed by atoms with E-state index in [4.69, 9.17) is 0 Å². The van der Waals surface area contributed by atoms with Gasteiger partial charge in [0.25, 0.3) is 0 Å². The molecule has 0 aromatic heterocycles. The van der Waals surface area contributed by atoms with Gasteiger partial charge in [-0.05, 0) is 76.0 Å². The van der Waals surface area contributed by atoms with Crippen molar-refractivity contribution in [3.05, 3.63) is 0 Å². The minimum atomic E-state index is 0.347. The molecule has 0 heterocycles. The van der Waals surface area contributed by atoms with Crippen LogP contribution in [0.2, 0.25) is 0 Å². The molecule has 4 aliphatic carbocycles. The van der Waals surface area contributed by atoms with Crippen molar-refractivity contribution in [1.29, 1.82) is 0 Å². The van der Waals surface area contributed by atoms with Gasteiger partial charge in [-0.3, -0.25) is 0 Å². The van der Waals surface area contributed by atoms with Crippen molar-refractivity contribution in [3.63, 3.8) is 0 Å². The molecule has 4 bridgehead atoms. The third-order valence-electron chi connectivity index (χ3n) is 5.67. The number of hydrogen-bond donors (Lipinski definition) is 1. The topological polar surface area (TPSA) is 12.0 Å². The Balaban J connectivity index is 1.72. The van der Waals surface area contributed by atoms with Crippen LogP contribution >= 0.6 is 0 Å². The lowest BCUT2D eigenvalue weighted by molar-refractivity contribution is -0.0233. The Labute approximate surface area is 100 Å². The van der Waals surface area contributed by atoms with Gasteiger partial charge in [-0.15, -0.1) is 0 Å². The first-order chi connectivity index (χ1) is 7.57. The molecule has 0 aromatic carbocycles. The lowest BCUT2D eigenvalue weighted by Crippen LogP contribution is -2.59. The lowest BCUT2D eigenvalue weighted by atomic mass is 9.54. The first kappa shape index (κ1) is 11.1. The van der Waals surface area contributed by atoms with Gasteiger partial charge in [0.15, 0.2) is 0 Å². The predicted octanol–water partition coefficient (Wildman–Crippen LogP) is 3.59. The Hall–Kier alpha value is -0.0400. The molecule has 0 aliphatic heterocycles. The Morgan fingerprint density at radius 1 is 0.938 bits per heavy atom. The zero-order chi connectivity index (χ0) is 11.3. The van der Waals surface area contributed by atoms with Gasteiger partial charge in [-0.25, -0.2) is 0 Å². The van der Waals surface area contributed by atoms with Crippen molar-refractivity contribution >= 4 is 0 Å². The summed E-state index contributed by atoms with van der Waals surface area (Å²) in [4.78, 5) is 0. The Kier molecular flexibility index (Phi) is 2.58. The molecule has 0 unspecified atom stereocenters. The van der Waals surface area contributed by atoms with Crippen LogP contribution in [-0.2, 0) is 0 Å². The second-order valence-electron chi connectivity index (χ2n) is 7.34. The Morgan fingerprint density at radius 2 is 1.44 bits per heavy atom. The Morgan fingerprint density at radius 3 is 1.88 bits per heavy atom. The fraction of sp³-hybridized carbons (Fsp3) is 1.00. The van der Waals surface area contributed by atoms with E-state index in [1.165, 1.54) is 32.1 Å². The summed E-state index contributed by atoms with van der Waals surface area (Å²) in [6, 6.07) is 0.850. The summed E-state index contributed by atoms with van der Waals surface area (Å²) in [6.07, 6.45) is 8.94. The average Bonchev–Trinajstić information content (AvgIpc) is 2.22. The van der Waals surface area contributed by atoms with Crippen molar-refractivity contribution in [2.45, 2.75) is 70.9 Å². The van der Waals surface area contributed by atoms with E-state index in [9.17, 15) is 0 Å². The molecule has 0 radical (unpaired) electrons. The van der Waals surface area contributed by atoms with Crippen LogP contribution in [-0.4, -0.2) is 11.6 Å². The van der Waals surface area contributed by atoms with Crippen LogP contribution < -0.4 is 5.32 Å². The quantitative estimate of drug-likeness (QED) is 0.768. The highest BCUT2D eigenvalue weighted by atomic mass is 15.0. The van der Waals surface area contributed by atoms with Crippen molar-refractivity contribution in [2.75, 3.05) is 0 Å². The zero-order valence-corrected chi connectivity index (χ0v) is 11.1. The molecule has 4 aliphatic rings. The van der Waals surface area contributed by atoms with E-state index in [0.29, 0.717) is 5.54 Å².